The lowest BCUT2D eigenvalue weighted by molar-refractivity contribution is -0.137. The Hall–Kier alpha value is -2.09. The smallest absolute Gasteiger partial charge is 0.340 e. The van der Waals surface area contributed by atoms with Crippen molar-refractivity contribution in [2.24, 2.45) is 0 Å². The first-order chi connectivity index (χ1) is 12.8. The minimum absolute atomic E-state index is 0.00165. The largest absolute Gasteiger partial charge is 0.416 e. The minimum atomic E-state index is -4.43. The van der Waals surface area contributed by atoms with Crippen LogP contribution in [0.15, 0.2) is 24.3 Å². The van der Waals surface area contributed by atoms with Crippen molar-refractivity contribution in [2.45, 2.75) is 32.4 Å². The van der Waals surface area contributed by atoms with Crippen molar-refractivity contribution in [2.75, 3.05) is 39.3 Å². The van der Waals surface area contributed by atoms with Gasteiger partial charge < -0.3 is 15.1 Å². The maximum Gasteiger partial charge on any atom is 0.416 e. The third-order valence-corrected chi connectivity index (χ3v) is 4.59. The average Bonchev–Trinajstić information content (AvgIpc) is 2.67. The zero-order chi connectivity index (χ0) is 19.9. The molecule has 27 heavy (non-hydrogen) atoms. The highest BCUT2D eigenvalue weighted by molar-refractivity contribution is 5.94. The molecule has 8 heteroatoms. The van der Waals surface area contributed by atoms with Crippen LogP contribution in [0.3, 0.4) is 0 Å². The predicted octanol–water partition coefficient (Wildman–Crippen LogP) is 2.77. The molecule has 1 aromatic carbocycles. The van der Waals surface area contributed by atoms with Crippen molar-refractivity contribution >= 4 is 11.8 Å². The molecule has 1 aliphatic rings. The number of carbonyl (C=O) groups is 2. The van der Waals surface area contributed by atoms with Gasteiger partial charge in [-0.15, -0.1) is 0 Å². The van der Waals surface area contributed by atoms with E-state index < -0.39 is 11.7 Å². The van der Waals surface area contributed by atoms with E-state index in [0.717, 1.165) is 38.1 Å². The van der Waals surface area contributed by atoms with Gasteiger partial charge in [0.15, 0.2) is 0 Å². The van der Waals surface area contributed by atoms with Crippen molar-refractivity contribution in [3.63, 3.8) is 0 Å². The number of piperazine rings is 1. The highest BCUT2D eigenvalue weighted by Crippen LogP contribution is 2.29. The summed E-state index contributed by atoms with van der Waals surface area (Å²) >= 11 is 0. The van der Waals surface area contributed by atoms with E-state index in [1.807, 2.05) is 6.92 Å². The Labute approximate surface area is 157 Å². The molecule has 0 radical (unpaired) electrons. The van der Waals surface area contributed by atoms with Crippen LogP contribution in [0.2, 0.25) is 0 Å². The van der Waals surface area contributed by atoms with E-state index in [-0.39, 0.29) is 30.3 Å². The van der Waals surface area contributed by atoms with E-state index >= 15 is 0 Å². The monoisotopic (exact) mass is 385 g/mol. The van der Waals surface area contributed by atoms with Gasteiger partial charge in [-0.2, -0.15) is 13.2 Å². The molecule has 0 unspecified atom stereocenters. The predicted molar refractivity (Wildman–Crippen MR) is 96.3 cm³/mol. The van der Waals surface area contributed by atoms with E-state index in [2.05, 4.69) is 5.32 Å². The van der Waals surface area contributed by atoms with Gasteiger partial charge in [0.25, 0.3) is 5.91 Å². The molecule has 150 valence electrons. The summed E-state index contributed by atoms with van der Waals surface area (Å²) in [5.74, 6) is -0.344. The number of unbranched alkanes of at least 4 members (excludes halogenated alkanes) is 1. The molecular weight excluding hydrogens is 359 g/mol. The molecule has 0 saturated carbocycles. The topological polar surface area (TPSA) is 52.7 Å². The SMILES string of the molecule is CCCCN(CCC(=O)N1CCNCC1)C(=O)c1ccc(C(F)(F)F)cc1. The van der Waals surface area contributed by atoms with Crippen molar-refractivity contribution < 1.29 is 22.8 Å². The first-order valence-electron chi connectivity index (χ1n) is 9.28. The maximum atomic E-state index is 12.7. The molecular formula is C19H26F3N3O2. The summed E-state index contributed by atoms with van der Waals surface area (Å²) in [5.41, 5.74) is -0.582. The van der Waals surface area contributed by atoms with Gasteiger partial charge in [0.1, 0.15) is 0 Å². The van der Waals surface area contributed by atoms with Crippen LogP contribution in [0.4, 0.5) is 13.2 Å². The van der Waals surface area contributed by atoms with Crippen LogP contribution in [-0.2, 0) is 11.0 Å². The van der Waals surface area contributed by atoms with Crippen LogP contribution in [0.5, 0.6) is 0 Å². The van der Waals surface area contributed by atoms with E-state index in [4.69, 9.17) is 0 Å². The Kier molecular flexibility index (Phi) is 7.65. The van der Waals surface area contributed by atoms with Gasteiger partial charge in [0.05, 0.1) is 5.56 Å². The first kappa shape index (κ1) is 21.2. The van der Waals surface area contributed by atoms with Crippen LogP contribution >= 0.6 is 0 Å². The molecule has 1 saturated heterocycles. The van der Waals surface area contributed by atoms with Crippen molar-refractivity contribution in [3.8, 4) is 0 Å². The minimum Gasteiger partial charge on any atom is -0.340 e. The number of benzene rings is 1. The third-order valence-electron chi connectivity index (χ3n) is 4.59. The second-order valence-corrected chi connectivity index (χ2v) is 6.60. The molecule has 1 N–H and O–H groups in total. The number of hydrogen-bond acceptors (Lipinski definition) is 3. The molecule has 5 nitrogen and oxygen atoms in total. The van der Waals surface area contributed by atoms with E-state index in [9.17, 15) is 22.8 Å². The zero-order valence-electron chi connectivity index (χ0n) is 15.5. The highest BCUT2D eigenvalue weighted by atomic mass is 19.4. The number of carbonyl (C=O) groups excluding carboxylic acids is 2. The maximum absolute atomic E-state index is 12.7. The lowest BCUT2D eigenvalue weighted by Crippen LogP contribution is -2.47. The number of nitrogens with zero attached hydrogens (tertiary/aromatic N) is 2. The second kappa shape index (κ2) is 9.73. The summed E-state index contributed by atoms with van der Waals surface area (Å²) in [5, 5.41) is 3.18. The number of amides is 2. The molecule has 2 amide bonds. The summed E-state index contributed by atoms with van der Waals surface area (Å²) in [6, 6.07) is 4.22. The molecule has 1 aliphatic heterocycles. The molecule has 0 aromatic heterocycles. The number of halogens is 3. The standard InChI is InChI=1S/C19H26F3N3O2/c1-2-3-11-25(12-8-17(26)24-13-9-23-10-14-24)18(27)15-4-6-16(7-5-15)19(20,21)22/h4-7,23H,2-3,8-14H2,1H3. The van der Waals surface area contributed by atoms with Gasteiger partial charge in [-0.1, -0.05) is 13.3 Å². The lowest BCUT2D eigenvalue weighted by Gasteiger charge is -2.29. The second-order valence-electron chi connectivity index (χ2n) is 6.60. The van der Waals surface area contributed by atoms with E-state index in [1.54, 1.807) is 9.80 Å². The fourth-order valence-corrected chi connectivity index (χ4v) is 2.95. The van der Waals surface area contributed by atoms with Crippen LogP contribution in [-0.4, -0.2) is 60.9 Å². The fourth-order valence-electron chi connectivity index (χ4n) is 2.95. The lowest BCUT2D eigenvalue weighted by atomic mass is 10.1. The Bertz CT molecular complexity index is 626. The summed E-state index contributed by atoms with van der Waals surface area (Å²) < 4.78 is 38.1. The molecule has 0 atom stereocenters. The molecule has 2 rings (SSSR count). The molecule has 0 bridgehead atoms. The molecule has 0 spiro atoms. The van der Waals surface area contributed by atoms with Crippen molar-refractivity contribution in [1.82, 2.24) is 15.1 Å². The highest BCUT2D eigenvalue weighted by Gasteiger charge is 2.30. The Morgan fingerprint density at radius 2 is 1.74 bits per heavy atom. The van der Waals surface area contributed by atoms with Crippen LogP contribution in [0.25, 0.3) is 0 Å². The van der Waals surface area contributed by atoms with Gasteiger partial charge >= 0.3 is 6.18 Å². The number of rotatable bonds is 7. The fraction of sp³-hybridized carbons (Fsp3) is 0.579. The Morgan fingerprint density at radius 1 is 1.11 bits per heavy atom. The summed E-state index contributed by atoms with van der Waals surface area (Å²) in [4.78, 5) is 28.4. The Morgan fingerprint density at radius 3 is 2.30 bits per heavy atom. The van der Waals surface area contributed by atoms with Crippen molar-refractivity contribution in [1.29, 1.82) is 0 Å². The van der Waals surface area contributed by atoms with E-state index in [0.29, 0.717) is 19.6 Å². The molecule has 1 aromatic rings. The summed E-state index contributed by atoms with van der Waals surface area (Å²) in [6.45, 7) is 5.56. The van der Waals surface area contributed by atoms with Crippen LogP contribution in [0, 0.1) is 0 Å². The molecule has 1 fully saturated rings. The third kappa shape index (κ3) is 6.23. The Balaban J connectivity index is 2.01. The zero-order valence-corrected chi connectivity index (χ0v) is 15.5. The van der Waals surface area contributed by atoms with Crippen LogP contribution < -0.4 is 5.32 Å². The average molecular weight is 385 g/mol. The van der Waals surface area contributed by atoms with Gasteiger partial charge in [-0.25, -0.2) is 0 Å². The van der Waals surface area contributed by atoms with Crippen LogP contribution in [0.1, 0.15) is 42.1 Å². The first-order valence-corrected chi connectivity index (χ1v) is 9.28. The normalized spacial score (nSPS) is 14.9. The summed E-state index contributed by atoms with van der Waals surface area (Å²) in [7, 11) is 0. The van der Waals surface area contributed by atoms with Gasteiger partial charge in [-0.3, -0.25) is 9.59 Å². The number of hydrogen-bond donors (Lipinski definition) is 1. The van der Waals surface area contributed by atoms with Gasteiger partial charge in [-0.05, 0) is 30.7 Å². The van der Waals surface area contributed by atoms with Gasteiger partial charge in [0, 0.05) is 51.3 Å². The van der Waals surface area contributed by atoms with Gasteiger partial charge in [0.2, 0.25) is 5.91 Å². The molecule has 0 aliphatic carbocycles. The quantitative estimate of drug-likeness (QED) is 0.785. The number of alkyl halides is 3. The van der Waals surface area contributed by atoms with Crippen molar-refractivity contribution in [3.05, 3.63) is 35.4 Å². The summed E-state index contributed by atoms with van der Waals surface area (Å²) in [6.07, 6.45) is -2.56. The molecule has 1 heterocycles. The number of nitrogens with one attached hydrogen (secondary N) is 1. The van der Waals surface area contributed by atoms with E-state index in [1.165, 1.54) is 12.1 Å².